The largest absolute Gasteiger partial charge is 0.507 e. The van der Waals surface area contributed by atoms with Crippen LogP contribution in [0.5, 0.6) is 5.75 Å². The predicted molar refractivity (Wildman–Crippen MR) is 288 cm³/mol. The SMILES string of the molecule is [2H]c1nc(-c2cc(-c3cccc4c3nc(-c3cc(C(C)(C)C)cc(C(C)(C)C)c3O)n4-c3cc(-c4ccccc4)c(C([2H])(C)C)cc3-c3ccccc3)cc(C(C)(C)C)c2)c([2H])c(-c2c([2H])c([2H])c(C([2H])([2H])[2H])c([2H])c2[2H])c1[2H]. The van der Waals surface area contributed by atoms with E-state index in [4.69, 9.17) is 17.3 Å². The monoisotopic (exact) mass is 903 g/mol. The van der Waals surface area contributed by atoms with Crippen LogP contribution in [-0.2, 0) is 16.2 Å². The Hall–Kier alpha value is -7.04. The molecule has 0 amide bonds. The van der Waals surface area contributed by atoms with Crippen molar-refractivity contribution in [3.63, 3.8) is 0 Å². The van der Waals surface area contributed by atoms with E-state index in [0.717, 1.165) is 50.2 Å². The maximum atomic E-state index is 12.8. The van der Waals surface area contributed by atoms with E-state index in [9.17, 15) is 7.85 Å². The van der Waals surface area contributed by atoms with Crippen molar-refractivity contribution in [2.75, 3.05) is 0 Å². The van der Waals surface area contributed by atoms with Crippen LogP contribution in [0.15, 0.2) is 164 Å². The van der Waals surface area contributed by atoms with Gasteiger partial charge in [0.25, 0.3) is 0 Å². The maximum Gasteiger partial charge on any atom is 0.149 e. The molecule has 0 aliphatic heterocycles. The molecule has 0 spiro atoms. The highest BCUT2D eigenvalue weighted by Gasteiger charge is 2.30. The molecule has 9 aromatic rings. The topological polar surface area (TPSA) is 50.9 Å². The van der Waals surface area contributed by atoms with E-state index in [0.29, 0.717) is 39.1 Å². The predicted octanol–water partition coefficient (Wildman–Crippen LogP) is 17.5. The first-order chi connectivity index (χ1) is 36.7. The molecular formula is C64H65N3O. The van der Waals surface area contributed by atoms with E-state index in [2.05, 4.69) is 81.4 Å². The number of hydrogen-bond acceptors (Lipinski definition) is 3. The first-order valence-corrected chi connectivity index (χ1v) is 23.1. The van der Waals surface area contributed by atoms with Gasteiger partial charge in [0.05, 0.1) is 37.6 Å². The molecule has 2 heterocycles. The summed E-state index contributed by atoms with van der Waals surface area (Å²) in [5.74, 6) is -0.473. The highest BCUT2D eigenvalue weighted by Crippen LogP contribution is 2.47. The summed E-state index contributed by atoms with van der Waals surface area (Å²) in [6.45, 7) is 19.6. The number of nitrogens with zero attached hydrogens (tertiary/aromatic N) is 3. The van der Waals surface area contributed by atoms with Crippen molar-refractivity contribution in [3.05, 3.63) is 192 Å². The third-order valence-corrected chi connectivity index (χ3v) is 12.6. The summed E-state index contributed by atoms with van der Waals surface area (Å²) in [5.41, 5.74) is 8.11. The zero-order chi connectivity index (χ0) is 57.8. The lowest BCUT2D eigenvalue weighted by molar-refractivity contribution is 0.446. The molecule has 4 nitrogen and oxygen atoms in total. The van der Waals surface area contributed by atoms with Crippen LogP contribution in [0, 0.1) is 6.85 Å². The van der Waals surface area contributed by atoms with Crippen molar-refractivity contribution < 1.29 is 20.2 Å². The molecular weight excluding hydrogens is 827 g/mol. The standard InChI is InChI=1S/C64H65N3O/c1-40(2)51-38-53(44-22-17-14-18-23-44)58(39-52(51)43-20-15-13-16-21-43)67-57-25-19-24-50(59(57)66-61(67)54-36-49(63(7,8)9)37-55(60(54)68)64(10,11)12)46-32-47(34-48(33-46)62(4,5)6)56-35-45(30-31-65-56)42-28-26-41(3)27-29-42/h13-40,68H,1-12H3/i3D3,26D,27D,28D,29D,30D,31D,35D,40D. The molecule has 0 atom stereocenters. The number of hydrogen-bond donors (Lipinski definition) is 1. The molecule has 0 saturated heterocycles. The van der Waals surface area contributed by atoms with Crippen LogP contribution in [0.1, 0.15) is 125 Å². The van der Waals surface area contributed by atoms with Crippen LogP contribution in [-0.4, -0.2) is 19.6 Å². The second-order valence-corrected chi connectivity index (χ2v) is 21.0. The Balaban J connectivity index is 1.42. The second kappa shape index (κ2) is 17.6. The summed E-state index contributed by atoms with van der Waals surface area (Å²) in [5, 5.41) is 12.8. The minimum absolute atomic E-state index is 0.0597. The highest BCUT2D eigenvalue weighted by molar-refractivity contribution is 5.98. The van der Waals surface area contributed by atoms with E-state index >= 15 is 0 Å². The second-order valence-electron chi connectivity index (χ2n) is 21.0. The third-order valence-electron chi connectivity index (χ3n) is 12.6. The van der Waals surface area contributed by atoms with Gasteiger partial charge in [-0.2, -0.15) is 0 Å². The molecule has 0 saturated carbocycles. The number of para-hydroxylation sites is 1. The van der Waals surface area contributed by atoms with Crippen LogP contribution in [0.25, 0.3) is 83.9 Å². The Bertz CT molecular complexity index is 3860. The molecule has 4 heteroatoms. The average molecular weight is 903 g/mol. The number of fused-ring (bicyclic) bond motifs is 1. The number of rotatable bonds is 8. The third kappa shape index (κ3) is 8.93. The molecule has 0 aliphatic rings. The molecule has 2 aromatic heterocycles. The number of pyridine rings is 1. The summed E-state index contributed by atoms with van der Waals surface area (Å²) >= 11 is 0. The molecule has 1 N–H and O–H groups in total. The Kier molecular flexibility index (Phi) is 8.85. The van der Waals surface area contributed by atoms with Crippen LogP contribution >= 0.6 is 0 Å². The zero-order valence-electron chi connectivity index (χ0n) is 51.8. The summed E-state index contributed by atoms with van der Waals surface area (Å²) in [6, 6.07) is 35.9. The Morgan fingerprint density at radius 2 is 1.21 bits per heavy atom. The lowest BCUT2D eigenvalue weighted by atomic mass is 9.79. The fourth-order valence-corrected chi connectivity index (χ4v) is 8.83. The van der Waals surface area contributed by atoms with Crippen molar-refractivity contribution in [1.82, 2.24) is 14.5 Å². The number of aromatic nitrogens is 3. The Morgan fingerprint density at radius 1 is 0.574 bits per heavy atom. The summed E-state index contributed by atoms with van der Waals surface area (Å²) in [7, 11) is 0. The van der Waals surface area contributed by atoms with E-state index < -0.39 is 77.1 Å². The molecule has 9 rings (SSSR count). The van der Waals surface area contributed by atoms with Gasteiger partial charge in [0.15, 0.2) is 0 Å². The van der Waals surface area contributed by atoms with Crippen LogP contribution in [0.4, 0.5) is 0 Å². The van der Waals surface area contributed by atoms with Gasteiger partial charge in [0.1, 0.15) is 11.6 Å². The Labute approximate surface area is 419 Å². The maximum absolute atomic E-state index is 12.8. The highest BCUT2D eigenvalue weighted by atomic mass is 16.3. The molecule has 0 bridgehead atoms. The average Bonchev–Trinajstić information content (AvgIpc) is 4.03. The van der Waals surface area contributed by atoms with Gasteiger partial charge in [0, 0.05) is 33.9 Å². The lowest BCUT2D eigenvalue weighted by Gasteiger charge is -2.28. The van der Waals surface area contributed by atoms with Gasteiger partial charge in [-0.05, 0) is 128 Å². The molecule has 0 fully saturated rings. The van der Waals surface area contributed by atoms with Crippen LogP contribution in [0.2, 0.25) is 0 Å². The van der Waals surface area contributed by atoms with Gasteiger partial charge >= 0.3 is 0 Å². The van der Waals surface area contributed by atoms with Crippen molar-refractivity contribution in [2.45, 2.75) is 105 Å². The number of aromatic hydroxyl groups is 1. The van der Waals surface area contributed by atoms with Crippen molar-refractivity contribution in [1.29, 1.82) is 0 Å². The molecule has 0 aliphatic carbocycles. The van der Waals surface area contributed by atoms with Crippen molar-refractivity contribution >= 4 is 11.0 Å². The minimum Gasteiger partial charge on any atom is -0.507 e. The number of imidazole rings is 1. The normalized spacial score (nSPS) is 15.0. The molecule has 0 radical (unpaired) electrons. The summed E-state index contributed by atoms with van der Waals surface area (Å²) in [4.78, 5) is 10.1. The van der Waals surface area contributed by atoms with Crippen molar-refractivity contribution in [3.8, 4) is 78.6 Å². The van der Waals surface area contributed by atoms with E-state index in [1.807, 2.05) is 126 Å². The van der Waals surface area contributed by atoms with Gasteiger partial charge < -0.3 is 5.11 Å². The first-order valence-electron chi connectivity index (χ1n) is 28.6. The minimum atomic E-state index is -2.98. The quantitative estimate of drug-likeness (QED) is 0.165. The van der Waals surface area contributed by atoms with Crippen molar-refractivity contribution in [2.24, 2.45) is 0 Å². The number of phenolic OH excluding ortho intramolecular Hbond substituents is 1. The molecule has 68 heavy (non-hydrogen) atoms. The van der Waals surface area contributed by atoms with E-state index in [1.165, 1.54) is 0 Å². The van der Waals surface area contributed by atoms with Gasteiger partial charge in [-0.3, -0.25) is 9.55 Å². The molecule has 0 unspecified atom stereocenters. The smallest absolute Gasteiger partial charge is 0.149 e. The van der Waals surface area contributed by atoms with Gasteiger partial charge in [-0.1, -0.05) is 191 Å². The summed E-state index contributed by atoms with van der Waals surface area (Å²) in [6.07, 6.45) is -0.582. The molecule has 342 valence electrons. The fourth-order valence-electron chi connectivity index (χ4n) is 8.83. The Morgan fingerprint density at radius 3 is 1.82 bits per heavy atom. The first kappa shape index (κ1) is 34.3. The fraction of sp³-hybridized carbons (Fsp3) is 0.250. The van der Waals surface area contributed by atoms with Crippen LogP contribution in [0.3, 0.4) is 0 Å². The van der Waals surface area contributed by atoms with E-state index in [-0.39, 0.29) is 22.4 Å². The summed E-state index contributed by atoms with van der Waals surface area (Å²) < 4.78 is 98.4. The lowest BCUT2D eigenvalue weighted by Crippen LogP contribution is -2.17. The van der Waals surface area contributed by atoms with Gasteiger partial charge in [-0.25, -0.2) is 4.98 Å². The van der Waals surface area contributed by atoms with Gasteiger partial charge in [0.2, 0.25) is 0 Å². The van der Waals surface area contributed by atoms with Gasteiger partial charge in [-0.15, -0.1) is 0 Å². The van der Waals surface area contributed by atoms with E-state index in [1.54, 1.807) is 0 Å². The zero-order valence-corrected chi connectivity index (χ0v) is 40.8. The number of phenols is 1. The van der Waals surface area contributed by atoms with Crippen LogP contribution < -0.4 is 0 Å². The molecule has 7 aromatic carbocycles. The number of benzene rings is 7.